The molecule has 9 heteroatoms. The van der Waals surface area contributed by atoms with Crippen LogP contribution in [0, 0.1) is 0 Å². The van der Waals surface area contributed by atoms with Crippen LogP contribution in [0.25, 0.3) is 0 Å². The van der Waals surface area contributed by atoms with E-state index in [4.69, 9.17) is 4.74 Å². The predicted octanol–water partition coefficient (Wildman–Crippen LogP) is 3.16. The van der Waals surface area contributed by atoms with Crippen molar-refractivity contribution in [2.75, 3.05) is 19.0 Å². The Labute approximate surface area is 158 Å². The lowest BCUT2D eigenvalue weighted by molar-refractivity contribution is -0.119. The number of hydrogen-bond donors (Lipinski definition) is 2. The maximum Gasteiger partial charge on any atom is 0.339 e. The van der Waals surface area contributed by atoms with Crippen LogP contribution in [0.3, 0.4) is 0 Å². The summed E-state index contributed by atoms with van der Waals surface area (Å²) in [6, 6.07) is 11.9. The highest BCUT2D eigenvalue weighted by Gasteiger charge is 2.17. The minimum Gasteiger partial charge on any atom is -0.452 e. The topological polar surface area (TPSA) is 84.5 Å². The molecule has 0 atom stereocenters. The lowest BCUT2D eigenvalue weighted by Gasteiger charge is -2.10. The average Bonchev–Trinajstić information content (AvgIpc) is 2.65. The molecule has 0 spiro atoms. The van der Waals surface area contributed by atoms with E-state index >= 15 is 0 Å². The molecule has 0 heterocycles. The minimum atomic E-state index is -2.69. The third-order valence-electron chi connectivity index (χ3n) is 3.29. The summed E-state index contributed by atoms with van der Waals surface area (Å²) in [7, 11) is 1.48. The Hall–Kier alpha value is -2.94. The van der Waals surface area contributed by atoms with Gasteiger partial charge in [-0.2, -0.15) is 8.78 Å². The van der Waals surface area contributed by atoms with Gasteiger partial charge in [0, 0.05) is 23.2 Å². The first-order valence-corrected chi connectivity index (χ1v) is 8.61. The lowest BCUT2D eigenvalue weighted by Crippen LogP contribution is -2.22. The average molecular weight is 394 g/mol. The van der Waals surface area contributed by atoms with Gasteiger partial charge in [0.05, 0.1) is 5.56 Å². The van der Waals surface area contributed by atoms with E-state index in [1.807, 2.05) is 0 Å². The van der Waals surface area contributed by atoms with Crippen LogP contribution < -0.4 is 10.6 Å². The zero-order valence-electron chi connectivity index (χ0n) is 14.2. The number of esters is 1. The van der Waals surface area contributed by atoms with E-state index in [0.717, 1.165) is 0 Å². The number of carbonyl (C=O) groups is 3. The second kappa shape index (κ2) is 9.67. The number of thioether (sulfide) groups is 1. The van der Waals surface area contributed by atoms with Crippen LogP contribution in [-0.2, 0) is 9.53 Å². The van der Waals surface area contributed by atoms with Gasteiger partial charge in [-0.05, 0) is 30.3 Å². The molecule has 0 fully saturated rings. The summed E-state index contributed by atoms with van der Waals surface area (Å²) in [6.45, 7) is -0.600. The fourth-order valence-corrected chi connectivity index (χ4v) is 2.75. The Kier molecular flexibility index (Phi) is 7.30. The van der Waals surface area contributed by atoms with Gasteiger partial charge >= 0.3 is 5.97 Å². The number of rotatable bonds is 7. The van der Waals surface area contributed by atoms with E-state index in [9.17, 15) is 23.2 Å². The molecule has 2 aromatic carbocycles. The Morgan fingerprint density at radius 1 is 1.11 bits per heavy atom. The van der Waals surface area contributed by atoms with Crippen LogP contribution in [0.4, 0.5) is 14.5 Å². The molecule has 2 aromatic rings. The summed E-state index contributed by atoms with van der Waals surface area (Å²) in [4.78, 5) is 35.7. The summed E-state index contributed by atoms with van der Waals surface area (Å²) in [5.41, 5.74) is 0.660. The monoisotopic (exact) mass is 394 g/mol. The molecule has 0 aliphatic heterocycles. The van der Waals surface area contributed by atoms with Gasteiger partial charge in [0.2, 0.25) is 0 Å². The van der Waals surface area contributed by atoms with Gasteiger partial charge in [0.1, 0.15) is 0 Å². The van der Waals surface area contributed by atoms with Gasteiger partial charge in [0.25, 0.3) is 17.6 Å². The summed E-state index contributed by atoms with van der Waals surface area (Å²) >= 11 is 0.224. The Morgan fingerprint density at radius 2 is 1.85 bits per heavy atom. The molecule has 0 radical (unpaired) electrons. The highest BCUT2D eigenvalue weighted by molar-refractivity contribution is 7.99. The van der Waals surface area contributed by atoms with E-state index in [-0.39, 0.29) is 28.1 Å². The molecule has 0 aromatic heterocycles. The number of amides is 2. The number of alkyl halides is 2. The number of nitrogens with one attached hydrogen (secondary N) is 2. The van der Waals surface area contributed by atoms with Gasteiger partial charge in [-0.25, -0.2) is 4.79 Å². The number of carbonyl (C=O) groups excluding carboxylic acids is 3. The molecule has 0 aliphatic carbocycles. The Bertz CT molecular complexity index is 846. The number of anilines is 1. The first-order chi connectivity index (χ1) is 12.9. The molecule has 2 rings (SSSR count). The molecule has 0 saturated heterocycles. The number of halogens is 2. The molecular formula is C18H16F2N2O4S. The zero-order valence-corrected chi connectivity index (χ0v) is 15.0. The quantitative estimate of drug-likeness (QED) is 0.557. The van der Waals surface area contributed by atoms with Crippen LogP contribution in [0.1, 0.15) is 20.7 Å². The summed E-state index contributed by atoms with van der Waals surface area (Å²) in [5, 5.41) is 4.96. The van der Waals surface area contributed by atoms with Crippen LogP contribution >= 0.6 is 11.8 Å². The molecule has 0 aliphatic rings. The SMILES string of the molecule is CNC(=O)c1cccc(NC(=O)COC(=O)c2ccccc2SC(F)F)c1. The van der Waals surface area contributed by atoms with Gasteiger partial charge < -0.3 is 15.4 Å². The second-order valence-corrected chi connectivity index (χ2v) is 6.19. The van der Waals surface area contributed by atoms with Gasteiger partial charge in [0.15, 0.2) is 6.61 Å². The molecule has 2 amide bonds. The molecule has 2 N–H and O–H groups in total. The maximum absolute atomic E-state index is 12.6. The molecule has 6 nitrogen and oxygen atoms in total. The highest BCUT2D eigenvalue weighted by atomic mass is 32.2. The first kappa shape index (κ1) is 20.4. The van der Waals surface area contributed by atoms with Crippen molar-refractivity contribution < 1.29 is 27.9 Å². The predicted molar refractivity (Wildman–Crippen MR) is 97.0 cm³/mol. The van der Waals surface area contributed by atoms with E-state index < -0.39 is 24.2 Å². The third kappa shape index (κ3) is 6.07. The van der Waals surface area contributed by atoms with Crippen molar-refractivity contribution >= 4 is 35.2 Å². The molecule has 0 unspecified atom stereocenters. The number of benzene rings is 2. The first-order valence-electron chi connectivity index (χ1n) is 7.73. The van der Waals surface area contributed by atoms with Crippen molar-refractivity contribution in [3.63, 3.8) is 0 Å². The molecule has 27 heavy (non-hydrogen) atoms. The van der Waals surface area contributed by atoms with Gasteiger partial charge in [-0.3, -0.25) is 9.59 Å². The van der Waals surface area contributed by atoms with Crippen molar-refractivity contribution in [1.29, 1.82) is 0 Å². The van der Waals surface area contributed by atoms with Crippen LogP contribution in [0.2, 0.25) is 0 Å². The lowest BCUT2D eigenvalue weighted by atomic mass is 10.2. The van der Waals surface area contributed by atoms with E-state index in [1.165, 1.54) is 37.4 Å². The number of ether oxygens (including phenoxy) is 1. The fourth-order valence-electron chi connectivity index (χ4n) is 2.12. The van der Waals surface area contributed by atoms with E-state index in [0.29, 0.717) is 11.3 Å². The molecule has 142 valence electrons. The highest BCUT2D eigenvalue weighted by Crippen LogP contribution is 2.28. The van der Waals surface area contributed by atoms with Crippen LogP contribution in [-0.4, -0.2) is 37.2 Å². The summed E-state index contributed by atoms with van der Waals surface area (Å²) < 4.78 is 30.0. The number of hydrogen-bond acceptors (Lipinski definition) is 5. The van der Waals surface area contributed by atoms with Crippen molar-refractivity contribution in [2.45, 2.75) is 10.7 Å². The maximum atomic E-state index is 12.6. The molecule has 0 saturated carbocycles. The van der Waals surface area contributed by atoms with Crippen molar-refractivity contribution in [1.82, 2.24) is 5.32 Å². The molecular weight excluding hydrogens is 378 g/mol. The van der Waals surface area contributed by atoms with Crippen molar-refractivity contribution in [3.05, 3.63) is 59.7 Å². The summed E-state index contributed by atoms with van der Waals surface area (Å²) in [5.74, 6) is -4.51. The van der Waals surface area contributed by atoms with E-state index in [1.54, 1.807) is 18.2 Å². The second-order valence-electron chi connectivity index (χ2n) is 5.16. The van der Waals surface area contributed by atoms with Gasteiger partial charge in [-0.1, -0.05) is 30.0 Å². The Balaban J connectivity index is 1.96. The third-order valence-corrected chi connectivity index (χ3v) is 4.08. The van der Waals surface area contributed by atoms with Crippen molar-refractivity contribution in [3.8, 4) is 0 Å². The van der Waals surface area contributed by atoms with Crippen LogP contribution in [0.15, 0.2) is 53.4 Å². The van der Waals surface area contributed by atoms with Gasteiger partial charge in [-0.15, -0.1) is 0 Å². The van der Waals surface area contributed by atoms with E-state index in [2.05, 4.69) is 10.6 Å². The fraction of sp³-hybridized carbons (Fsp3) is 0.167. The standard InChI is InChI=1S/C18H16F2N2O4S/c1-21-16(24)11-5-4-6-12(9-11)22-15(23)10-26-17(25)13-7-2-3-8-14(13)27-18(19)20/h2-9,18H,10H2,1H3,(H,21,24)(H,22,23). The largest absolute Gasteiger partial charge is 0.452 e. The van der Waals surface area contributed by atoms with Crippen molar-refractivity contribution in [2.24, 2.45) is 0 Å². The normalized spacial score (nSPS) is 10.4. The zero-order chi connectivity index (χ0) is 19.8. The Morgan fingerprint density at radius 3 is 2.56 bits per heavy atom. The summed E-state index contributed by atoms with van der Waals surface area (Å²) in [6.07, 6.45) is 0. The molecule has 0 bridgehead atoms. The minimum absolute atomic E-state index is 0.0442. The van der Waals surface area contributed by atoms with Crippen LogP contribution in [0.5, 0.6) is 0 Å². The smallest absolute Gasteiger partial charge is 0.339 e.